The summed E-state index contributed by atoms with van der Waals surface area (Å²) in [4.78, 5) is 7.87. The number of anilines is 3. The van der Waals surface area contributed by atoms with Gasteiger partial charge in [-0.3, -0.25) is 0 Å². The lowest BCUT2D eigenvalue weighted by Crippen LogP contribution is -2.19. The third-order valence-electron chi connectivity index (χ3n) is 1.91. The Kier molecular flexibility index (Phi) is 4.46. The predicted molar refractivity (Wildman–Crippen MR) is 67.1 cm³/mol. The van der Waals surface area contributed by atoms with Gasteiger partial charge in [0.1, 0.15) is 11.6 Å². The van der Waals surface area contributed by atoms with E-state index in [9.17, 15) is 8.42 Å². The molecule has 17 heavy (non-hydrogen) atoms. The van der Waals surface area contributed by atoms with Gasteiger partial charge in [-0.15, -0.1) is 0 Å². The normalized spacial score (nSPS) is 11.2. The second kappa shape index (κ2) is 5.64. The van der Waals surface area contributed by atoms with Crippen LogP contribution in [-0.2, 0) is 10.0 Å². The number of primary sulfonamides is 1. The van der Waals surface area contributed by atoms with Crippen LogP contribution >= 0.6 is 0 Å². The average molecular weight is 260 g/mol. The van der Waals surface area contributed by atoms with Gasteiger partial charge >= 0.3 is 0 Å². The Balaban J connectivity index is 2.49. The number of hydrogen-bond donors (Lipinski definition) is 4. The Hall–Kier alpha value is -1.61. The quantitative estimate of drug-likeness (QED) is 0.491. The highest BCUT2D eigenvalue weighted by atomic mass is 32.2. The molecule has 0 unspecified atom stereocenters. The van der Waals surface area contributed by atoms with E-state index in [2.05, 4.69) is 20.6 Å². The van der Waals surface area contributed by atoms with E-state index in [0.717, 1.165) is 0 Å². The molecule has 0 radical (unpaired) electrons. The van der Waals surface area contributed by atoms with E-state index < -0.39 is 10.0 Å². The summed E-state index contributed by atoms with van der Waals surface area (Å²) in [6, 6.07) is 1.67. The molecule has 1 heterocycles. The van der Waals surface area contributed by atoms with Crippen molar-refractivity contribution in [2.24, 2.45) is 5.14 Å². The van der Waals surface area contributed by atoms with Crippen molar-refractivity contribution in [3.63, 3.8) is 0 Å². The Morgan fingerprint density at radius 3 is 2.59 bits per heavy atom. The number of rotatable bonds is 6. The molecule has 1 aromatic rings. The molecule has 0 fully saturated rings. The van der Waals surface area contributed by atoms with E-state index in [-0.39, 0.29) is 11.7 Å². The van der Waals surface area contributed by atoms with Gasteiger partial charge in [-0.05, 0) is 6.42 Å². The second-order valence-electron chi connectivity index (χ2n) is 3.39. The lowest BCUT2D eigenvalue weighted by Gasteiger charge is -2.07. The molecule has 96 valence electrons. The van der Waals surface area contributed by atoms with E-state index in [0.29, 0.717) is 24.6 Å². The van der Waals surface area contributed by atoms with Crippen molar-refractivity contribution in [2.45, 2.75) is 6.42 Å². The van der Waals surface area contributed by atoms with Crippen molar-refractivity contribution in [1.29, 1.82) is 0 Å². The zero-order valence-corrected chi connectivity index (χ0v) is 10.3. The van der Waals surface area contributed by atoms with E-state index in [4.69, 9.17) is 10.9 Å². The summed E-state index contributed by atoms with van der Waals surface area (Å²) in [6.07, 6.45) is 0.400. The molecule has 1 aromatic heterocycles. The molecule has 0 aromatic carbocycles. The van der Waals surface area contributed by atoms with Crippen LogP contribution in [0.1, 0.15) is 6.42 Å². The van der Waals surface area contributed by atoms with Crippen molar-refractivity contribution in [3.8, 4) is 0 Å². The van der Waals surface area contributed by atoms with Crippen molar-refractivity contribution in [1.82, 2.24) is 9.97 Å². The molecule has 0 atom stereocenters. The summed E-state index contributed by atoms with van der Waals surface area (Å²) < 4.78 is 21.4. The number of nitrogens with zero attached hydrogens (tertiary/aromatic N) is 2. The molecule has 9 heteroatoms. The molecular weight excluding hydrogens is 244 g/mol. The first-order valence-electron chi connectivity index (χ1n) is 4.97. The third kappa shape index (κ3) is 5.31. The maximum atomic E-state index is 10.7. The summed E-state index contributed by atoms with van der Waals surface area (Å²) in [5.41, 5.74) is 5.49. The van der Waals surface area contributed by atoms with E-state index in [1.54, 1.807) is 13.1 Å². The average Bonchev–Trinajstić information content (AvgIpc) is 2.22. The van der Waals surface area contributed by atoms with Gasteiger partial charge in [-0.1, -0.05) is 0 Å². The van der Waals surface area contributed by atoms with Crippen molar-refractivity contribution in [3.05, 3.63) is 6.07 Å². The summed E-state index contributed by atoms with van der Waals surface area (Å²) in [6.45, 7) is 0.441. The number of nitrogens with one attached hydrogen (secondary N) is 2. The minimum atomic E-state index is -3.41. The summed E-state index contributed by atoms with van der Waals surface area (Å²) in [5, 5.41) is 10.7. The molecule has 0 saturated carbocycles. The third-order valence-corrected chi connectivity index (χ3v) is 2.77. The first kappa shape index (κ1) is 13.5. The van der Waals surface area contributed by atoms with E-state index in [1.807, 2.05) is 0 Å². The Morgan fingerprint density at radius 2 is 2.00 bits per heavy atom. The fraction of sp³-hybridized carbons (Fsp3) is 0.500. The molecule has 0 amide bonds. The van der Waals surface area contributed by atoms with Gasteiger partial charge < -0.3 is 16.4 Å². The zero-order chi connectivity index (χ0) is 12.9. The Labute approximate surface area is 99.9 Å². The monoisotopic (exact) mass is 260 g/mol. The van der Waals surface area contributed by atoms with Gasteiger partial charge in [0.15, 0.2) is 0 Å². The number of nitrogens with two attached hydrogens (primary N) is 2. The first-order chi connectivity index (χ1) is 7.90. The predicted octanol–water partition coefficient (Wildman–Crippen LogP) is -0.809. The van der Waals surface area contributed by atoms with Gasteiger partial charge in [-0.25, -0.2) is 13.6 Å². The molecule has 8 nitrogen and oxygen atoms in total. The maximum absolute atomic E-state index is 10.7. The first-order valence-corrected chi connectivity index (χ1v) is 6.69. The van der Waals surface area contributed by atoms with Crippen LogP contribution in [-0.4, -0.2) is 37.7 Å². The van der Waals surface area contributed by atoms with E-state index >= 15 is 0 Å². The highest BCUT2D eigenvalue weighted by molar-refractivity contribution is 7.89. The Bertz CT molecular complexity index is 475. The molecule has 0 spiro atoms. The molecule has 6 N–H and O–H groups in total. The van der Waals surface area contributed by atoms with Crippen LogP contribution in [0.5, 0.6) is 0 Å². The molecular formula is C8H16N6O2S. The zero-order valence-electron chi connectivity index (χ0n) is 9.47. The van der Waals surface area contributed by atoms with Crippen molar-refractivity contribution < 1.29 is 8.42 Å². The van der Waals surface area contributed by atoms with E-state index in [1.165, 1.54) is 0 Å². The van der Waals surface area contributed by atoms with Crippen LogP contribution in [0.2, 0.25) is 0 Å². The van der Waals surface area contributed by atoms with Gasteiger partial charge in [-0.2, -0.15) is 9.97 Å². The number of sulfonamides is 1. The molecule has 0 saturated heterocycles. The highest BCUT2D eigenvalue weighted by Gasteiger charge is 2.03. The molecule has 0 bridgehead atoms. The minimum Gasteiger partial charge on any atom is -0.373 e. The number of nitrogen functional groups attached to an aromatic ring is 1. The van der Waals surface area contributed by atoms with Crippen molar-refractivity contribution >= 4 is 27.6 Å². The van der Waals surface area contributed by atoms with Gasteiger partial charge in [0, 0.05) is 19.7 Å². The molecule has 0 aliphatic carbocycles. The summed E-state index contributed by atoms with van der Waals surface area (Å²) >= 11 is 0. The SMILES string of the molecule is CNc1cc(NCCCS(N)(=O)=O)nc(N)n1. The number of hydrogen-bond acceptors (Lipinski definition) is 7. The van der Waals surface area contributed by atoms with Crippen LogP contribution in [0, 0.1) is 0 Å². The topological polar surface area (TPSA) is 136 Å². The van der Waals surface area contributed by atoms with Crippen LogP contribution < -0.4 is 21.5 Å². The standard InChI is InChI=1S/C8H16N6O2S/c1-11-6-5-7(14-8(9)13-6)12-3-2-4-17(10,15)16/h5H,2-4H2,1H3,(H2,10,15,16)(H4,9,11,12,13,14). The fourth-order valence-electron chi connectivity index (χ4n) is 1.17. The van der Waals surface area contributed by atoms with Gasteiger partial charge in [0.2, 0.25) is 16.0 Å². The molecule has 1 rings (SSSR count). The van der Waals surface area contributed by atoms with Crippen LogP contribution in [0.25, 0.3) is 0 Å². The number of aromatic nitrogens is 2. The van der Waals surface area contributed by atoms with Gasteiger partial charge in [0.05, 0.1) is 5.75 Å². The highest BCUT2D eigenvalue weighted by Crippen LogP contribution is 2.11. The smallest absolute Gasteiger partial charge is 0.223 e. The van der Waals surface area contributed by atoms with Gasteiger partial charge in [0.25, 0.3) is 0 Å². The Morgan fingerprint density at radius 1 is 1.35 bits per heavy atom. The van der Waals surface area contributed by atoms with Crippen LogP contribution in [0.4, 0.5) is 17.6 Å². The second-order valence-corrected chi connectivity index (χ2v) is 5.13. The van der Waals surface area contributed by atoms with Crippen LogP contribution in [0.3, 0.4) is 0 Å². The van der Waals surface area contributed by atoms with Crippen LogP contribution in [0.15, 0.2) is 6.07 Å². The largest absolute Gasteiger partial charge is 0.373 e. The molecule has 0 aliphatic heterocycles. The lowest BCUT2D eigenvalue weighted by molar-refractivity contribution is 0.595. The van der Waals surface area contributed by atoms with Crippen molar-refractivity contribution in [2.75, 3.05) is 35.7 Å². The lowest BCUT2D eigenvalue weighted by atomic mass is 10.4. The minimum absolute atomic E-state index is 0.0700. The maximum Gasteiger partial charge on any atom is 0.223 e. The summed E-state index contributed by atoms with van der Waals surface area (Å²) in [5.74, 6) is 1.20. The summed E-state index contributed by atoms with van der Waals surface area (Å²) in [7, 11) is -1.69. The molecule has 0 aliphatic rings. The fourth-order valence-corrected chi connectivity index (χ4v) is 1.72.